The highest BCUT2D eigenvalue weighted by molar-refractivity contribution is 5.98. The van der Waals surface area contributed by atoms with Gasteiger partial charge in [-0.15, -0.1) is 0 Å². The zero-order valence-electron chi connectivity index (χ0n) is 14.7. The number of aryl methyl sites for hydroxylation is 1. The Hall–Kier alpha value is -3.08. The number of carboxylic acid groups (broad SMARTS) is 1. The molecule has 2 aromatic carbocycles. The maximum atomic E-state index is 12.9. The van der Waals surface area contributed by atoms with Crippen molar-refractivity contribution >= 4 is 22.8 Å². The molecule has 0 fully saturated rings. The van der Waals surface area contributed by atoms with Crippen molar-refractivity contribution in [2.75, 3.05) is 6.54 Å². The molecule has 0 radical (unpaired) electrons. The van der Waals surface area contributed by atoms with Crippen LogP contribution < -0.4 is 0 Å². The summed E-state index contributed by atoms with van der Waals surface area (Å²) in [6.45, 7) is 4.73. The first-order valence-electron chi connectivity index (χ1n) is 8.57. The van der Waals surface area contributed by atoms with E-state index in [-0.39, 0.29) is 5.91 Å². The molecule has 3 aromatic rings. The van der Waals surface area contributed by atoms with E-state index in [2.05, 4.69) is 0 Å². The van der Waals surface area contributed by atoms with E-state index in [0.717, 1.165) is 27.6 Å². The normalized spacial score (nSPS) is 13.7. The molecule has 132 valence electrons. The fourth-order valence-electron chi connectivity index (χ4n) is 3.90. The van der Waals surface area contributed by atoms with E-state index >= 15 is 0 Å². The molecule has 0 spiro atoms. The Bertz CT molecular complexity index is 1050. The third kappa shape index (κ3) is 2.56. The van der Waals surface area contributed by atoms with Crippen LogP contribution in [0.4, 0.5) is 0 Å². The van der Waals surface area contributed by atoms with Gasteiger partial charge in [-0.3, -0.25) is 4.79 Å². The summed E-state index contributed by atoms with van der Waals surface area (Å²) in [6.07, 6.45) is 2.28. The van der Waals surface area contributed by atoms with E-state index in [0.29, 0.717) is 36.2 Å². The minimum atomic E-state index is -0.895. The second kappa shape index (κ2) is 6.02. The topological polar surface area (TPSA) is 70.8 Å². The van der Waals surface area contributed by atoms with Gasteiger partial charge in [-0.2, -0.15) is 0 Å². The fourth-order valence-corrected chi connectivity index (χ4v) is 3.90. The van der Waals surface area contributed by atoms with Gasteiger partial charge in [-0.05, 0) is 60.7 Å². The lowest BCUT2D eigenvalue weighted by molar-refractivity contribution is 0.0690. The highest BCUT2D eigenvalue weighted by atomic mass is 16.4. The van der Waals surface area contributed by atoms with Crippen molar-refractivity contribution in [3.8, 4) is 0 Å². The molecular formula is C21H19NO4. The number of hydrogen-bond donors (Lipinski definition) is 1. The zero-order chi connectivity index (χ0) is 18.4. The molecule has 5 nitrogen and oxygen atoms in total. The van der Waals surface area contributed by atoms with E-state index in [9.17, 15) is 14.7 Å². The van der Waals surface area contributed by atoms with Crippen molar-refractivity contribution in [2.45, 2.75) is 26.8 Å². The first-order chi connectivity index (χ1) is 12.5. The van der Waals surface area contributed by atoms with Crippen LogP contribution in [0.1, 0.15) is 43.0 Å². The van der Waals surface area contributed by atoms with Gasteiger partial charge in [0.1, 0.15) is 5.58 Å². The molecule has 4 rings (SSSR count). The molecule has 0 bridgehead atoms. The summed E-state index contributed by atoms with van der Waals surface area (Å²) < 4.78 is 5.39. The molecule has 1 aliphatic rings. The zero-order valence-corrected chi connectivity index (χ0v) is 14.7. The number of hydrogen-bond acceptors (Lipinski definition) is 3. The first kappa shape index (κ1) is 16.4. The number of furan rings is 1. The SMILES string of the molecule is Cc1cc2c(c(C)c1C(=O)O)CCN(C(=O)c1ccc3ccoc3c1)C2. The highest BCUT2D eigenvalue weighted by Crippen LogP contribution is 2.29. The van der Waals surface area contributed by atoms with Crippen molar-refractivity contribution in [3.05, 3.63) is 70.0 Å². The summed E-state index contributed by atoms with van der Waals surface area (Å²) in [7, 11) is 0. The van der Waals surface area contributed by atoms with E-state index < -0.39 is 5.97 Å². The summed E-state index contributed by atoms with van der Waals surface area (Å²) in [4.78, 5) is 26.2. The van der Waals surface area contributed by atoms with Crippen molar-refractivity contribution in [2.24, 2.45) is 0 Å². The van der Waals surface area contributed by atoms with Gasteiger partial charge in [0, 0.05) is 24.0 Å². The number of aromatic carboxylic acids is 1. The maximum Gasteiger partial charge on any atom is 0.336 e. The standard InChI is InChI=1S/C21H19NO4/c1-12-9-16-11-22(7-5-17(16)13(2)19(12)21(24)25)20(23)15-4-3-14-6-8-26-18(14)10-15/h3-4,6,8-10H,5,7,11H2,1-2H3,(H,24,25). The van der Waals surface area contributed by atoms with Gasteiger partial charge in [0.2, 0.25) is 0 Å². The van der Waals surface area contributed by atoms with Crippen molar-refractivity contribution in [1.29, 1.82) is 0 Å². The average Bonchev–Trinajstić information content (AvgIpc) is 3.07. The van der Waals surface area contributed by atoms with E-state index in [1.165, 1.54) is 0 Å². The molecule has 0 unspecified atom stereocenters. The molecule has 26 heavy (non-hydrogen) atoms. The second-order valence-electron chi connectivity index (χ2n) is 6.79. The van der Waals surface area contributed by atoms with E-state index in [1.807, 2.05) is 43.0 Å². The van der Waals surface area contributed by atoms with Crippen molar-refractivity contribution in [1.82, 2.24) is 4.90 Å². The number of amides is 1. The Balaban J connectivity index is 1.65. The van der Waals surface area contributed by atoms with E-state index in [1.54, 1.807) is 12.3 Å². The van der Waals surface area contributed by atoms with Gasteiger partial charge in [0.05, 0.1) is 11.8 Å². The number of carbonyl (C=O) groups excluding carboxylic acids is 1. The first-order valence-corrected chi connectivity index (χ1v) is 8.57. The number of carboxylic acids is 1. The van der Waals surface area contributed by atoms with Crippen LogP contribution in [0.2, 0.25) is 0 Å². The Morgan fingerprint density at radius 2 is 1.96 bits per heavy atom. The van der Waals surface area contributed by atoms with Crippen LogP contribution >= 0.6 is 0 Å². The van der Waals surface area contributed by atoms with Crippen LogP contribution in [-0.2, 0) is 13.0 Å². The number of nitrogens with zero attached hydrogens (tertiary/aromatic N) is 1. The molecule has 1 N–H and O–H groups in total. The fraction of sp³-hybridized carbons (Fsp3) is 0.238. The number of rotatable bonds is 2. The molecule has 1 aliphatic heterocycles. The summed E-state index contributed by atoms with van der Waals surface area (Å²) in [5, 5.41) is 10.4. The second-order valence-corrected chi connectivity index (χ2v) is 6.79. The Morgan fingerprint density at radius 3 is 2.73 bits per heavy atom. The third-order valence-electron chi connectivity index (χ3n) is 5.20. The van der Waals surface area contributed by atoms with Crippen LogP contribution in [-0.4, -0.2) is 28.4 Å². The Kier molecular flexibility index (Phi) is 3.80. The summed E-state index contributed by atoms with van der Waals surface area (Å²) in [5.74, 6) is -0.931. The molecular weight excluding hydrogens is 330 g/mol. The highest BCUT2D eigenvalue weighted by Gasteiger charge is 2.26. The number of carbonyl (C=O) groups is 2. The molecule has 0 atom stereocenters. The van der Waals surface area contributed by atoms with E-state index in [4.69, 9.17) is 4.42 Å². The van der Waals surface area contributed by atoms with Gasteiger partial charge in [-0.1, -0.05) is 12.1 Å². The third-order valence-corrected chi connectivity index (χ3v) is 5.20. The lowest BCUT2D eigenvalue weighted by Crippen LogP contribution is -2.36. The van der Waals surface area contributed by atoms with Crippen LogP contribution in [0.5, 0.6) is 0 Å². The minimum Gasteiger partial charge on any atom is -0.478 e. The van der Waals surface area contributed by atoms with Crippen LogP contribution in [0, 0.1) is 13.8 Å². The molecule has 1 aromatic heterocycles. The summed E-state index contributed by atoms with van der Waals surface area (Å²) >= 11 is 0. The lowest BCUT2D eigenvalue weighted by Gasteiger charge is -2.31. The molecule has 2 heterocycles. The molecule has 0 aliphatic carbocycles. The minimum absolute atomic E-state index is 0.0356. The molecule has 1 amide bonds. The summed E-state index contributed by atoms with van der Waals surface area (Å²) in [5.41, 5.74) is 5.32. The Labute approximate surface area is 150 Å². The predicted octanol–water partition coefficient (Wildman–Crippen LogP) is 3.95. The smallest absolute Gasteiger partial charge is 0.336 e. The van der Waals surface area contributed by atoms with Gasteiger partial charge in [0.15, 0.2) is 0 Å². The summed E-state index contributed by atoms with van der Waals surface area (Å²) in [6, 6.07) is 9.25. The van der Waals surface area contributed by atoms with Crippen LogP contribution in [0.25, 0.3) is 11.0 Å². The lowest BCUT2D eigenvalue weighted by atomic mass is 9.88. The number of benzene rings is 2. The quantitative estimate of drug-likeness (QED) is 0.760. The van der Waals surface area contributed by atoms with Crippen molar-refractivity contribution in [3.63, 3.8) is 0 Å². The van der Waals surface area contributed by atoms with Crippen LogP contribution in [0.15, 0.2) is 41.0 Å². The molecule has 0 saturated heterocycles. The monoisotopic (exact) mass is 349 g/mol. The van der Waals surface area contributed by atoms with Gasteiger partial charge < -0.3 is 14.4 Å². The van der Waals surface area contributed by atoms with Crippen molar-refractivity contribution < 1.29 is 19.1 Å². The van der Waals surface area contributed by atoms with Crippen LogP contribution in [0.3, 0.4) is 0 Å². The van der Waals surface area contributed by atoms with Gasteiger partial charge in [-0.25, -0.2) is 4.79 Å². The molecule has 0 saturated carbocycles. The largest absolute Gasteiger partial charge is 0.478 e. The maximum absolute atomic E-state index is 12.9. The molecule has 5 heteroatoms. The predicted molar refractivity (Wildman–Crippen MR) is 97.5 cm³/mol. The number of fused-ring (bicyclic) bond motifs is 2. The van der Waals surface area contributed by atoms with Gasteiger partial charge >= 0.3 is 5.97 Å². The van der Waals surface area contributed by atoms with Gasteiger partial charge in [0.25, 0.3) is 5.91 Å². The Morgan fingerprint density at radius 1 is 1.15 bits per heavy atom. The average molecular weight is 349 g/mol.